The zero-order chi connectivity index (χ0) is 22.9. The number of urea groups is 1. The number of anilines is 2. The molecule has 1 aliphatic heterocycles. The van der Waals surface area contributed by atoms with Crippen molar-refractivity contribution < 1.29 is 4.79 Å². The highest BCUT2D eigenvalue weighted by molar-refractivity contribution is 7.19. The summed E-state index contributed by atoms with van der Waals surface area (Å²) in [5, 5.41) is 8.19. The summed E-state index contributed by atoms with van der Waals surface area (Å²) < 4.78 is 1.36. The molecule has 0 radical (unpaired) electrons. The maximum atomic E-state index is 12.7. The summed E-state index contributed by atoms with van der Waals surface area (Å²) in [4.78, 5) is 34.5. The molecule has 1 fully saturated rings. The molecule has 2 amide bonds. The van der Waals surface area contributed by atoms with E-state index in [2.05, 4.69) is 10.4 Å². The largest absolute Gasteiger partial charge is 0.353 e. The fourth-order valence-corrected chi connectivity index (χ4v) is 4.82. The fraction of sp³-hybridized carbons (Fsp3) is 0.250. The van der Waals surface area contributed by atoms with Gasteiger partial charge in [-0.3, -0.25) is 4.79 Å². The lowest BCUT2D eigenvalue weighted by Gasteiger charge is -2.35. The van der Waals surface area contributed by atoms with Gasteiger partial charge in [0.25, 0.3) is 5.56 Å². The van der Waals surface area contributed by atoms with Crippen LogP contribution in [0.25, 0.3) is 15.5 Å². The highest BCUT2D eigenvalue weighted by atomic mass is 32.1. The Morgan fingerprint density at radius 2 is 1.70 bits per heavy atom. The Kier molecular flexibility index (Phi) is 5.55. The molecule has 2 aromatic heterocycles. The summed E-state index contributed by atoms with van der Waals surface area (Å²) in [7, 11) is 0. The van der Waals surface area contributed by atoms with E-state index in [4.69, 9.17) is 4.98 Å². The first-order chi connectivity index (χ1) is 16.0. The monoisotopic (exact) mass is 460 g/mol. The maximum absolute atomic E-state index is 12.7. The van der Waals surface area contributed by atoms with Crippen LogP contribution in [0.15, 0.2) is 59.4 Å². The number of hydrogen-bond donors (Lipinski definition) is 1. The minimum atomic E-state index is -0.204. The molecule has 0 atom stereocenters. The van der Waals surface area contributed by atoms with Crippen molar-refractivity contribution >= 4 is 33.8 Å². The number of nitrogens with zero attached hydrogens (tertiary/aromatic N) is 5. The molecule has 4 aromatic rings. The lowest BCUT2D eigenvalue weighted by Crippen LogP contribution is -2.50. The molecule has 1 saturated heterocycles. The number of amides is 2. The van der Waals surface area contributed by atoms with Gasteiger partial charge in [0.05, 0.1) is 0 Å². The molecule has 0 bridgehead atoms. The third-order valence-electron chi connectivity index (χ3n) is 5.66. The minimum Gasteiger partial charge on any atom is -0.353 e. The normalized spacial score (nSPS) is 14.0. The second-order valence-electron chi connectivity index (χ2n) is 8.20. The lowest BCUT2D eigenvalue weighted by atomic mass is 10.1. The highest BCUT2D eigenvalue weighted by Gasteiger charge is 2.23. The van der Waals surface area contributed by atoms with Crippen LogP contribution in [-0.2, 0) is 0 Å². The number of aromatic nitrogens is 3. The van der Waals surface area contributed by atoms with Crippen LogP contribution in [0.5, 0.6) is 0 Å². The summed E-state index contributed by atoms with van der Waals surface area (Å²) in [5.41, 5.74) is 3.79. The van der Waals surface area contributed by atoms with E-state index in [0.717, 1.165) is 27.4 Å². The van der Waals surface area contributed by atoms with E-state index >= 15 is 0 Å². The van der Waals surface area contributed by atoms with Crippen molar-refractivity contribution in [3.63, 3.8) is 0 Å². The molecule has 9 heteroatoms. The molecule has 33 heavy (non-hydrogen) atoms. The van der Waals surface area contributed by atoms with Crippen molar-refractivity contribution in [1.29, 1.82) is 0 Å². The Morgan fingerprint density at radius 1 is 0.970 bits per heavy atom. The van der Waals surface area contributed by atoms with Gasteiger partial charge in [-0.2, -0.15) is 9.61 Å². The van der Waals surface area contributed by atoms with Gasteiger partial charge in [-0.1, -0.05) is 47.2 Å². The zero-order valence-electron chi connectivity index (χ0n) is 18.5. The predicted octanol–water partition coefficient (Wildman–Crippen LogP) is 3.79. The van der Waals surface area contributed by atoms with Gasteiger partial charge in [-0.15, -0.1) is 0 Å². The average molecular weight is 461 g/mol. The third-order valence-corrected chi connectivity index (χ3v) is 6.61. The van der Waals surface area contributed by atoms with Crippen LogP contribution in [0, 0.1) is 13.8 Å². The number of nitrogens with one attached hydrogen (secondary N) is 1. The van der Waals surface area contributed by atoms with E-state index in [1.165, 1.54) is 21.9 Å². The SMILES string of the molecule is Cc1cccc(NC(=O)N2CCN(c3cc(=O)n4nc(-c5cccc(C)c5)sc4n3)CC2)c1. The first kappa shape index (κ1) is 21.1. The summed E-state index contributed by atoms with van der Waals surface area (Å²) in [5.74, 6) is 0.623. The Balaban J connectivity index is 1.30. The summed E-state index contributed by atoms with van der Waals surface area (Å²) in [6, 6.07) is 17.2. The highest BCUT2D eigenvalue weighted by Crippen LogP contribution is 2.26. The van der Waals surface area contributed by atoms with E-state index in [1.54, 1.807) is 4.90 Å². The van der Waals surface area contributed by atoms with Crippen molar-refractivity contribution in [2.24, 2.45) is 0 Å². The second kappa shape index (κ2) is 8.67. The first-order valence-corrected chi connectivity index (χ1v) is 11.6. The Bertz CT molecular complexity index is 1390. The number of carbonyl (C=O) groups is 1. The molecule has 2 aromatic carbocycles. The van der Waals surface area contributed by atoms with Gasteiger partial charge in [0.15, 0.2) is 0 Å². The number of benzene rings is 2. The van der Waals surface area contributed by atoms with Gasteiger partial charge in [0, 0.05) is 43.5 Å². The second-order valence-corrected chi connectivity index (χ2v) is 9.15. The molecule has 0 unspecified atom stereocenters. The van der Waals surface area contributed by atoms with Gasteiger partial charge in [0.2, 0.25) is 4.96 Å². The number of aryl methyl sites for hydroxylation is 2. The number of fused-ring (bicyclic) bond motifs is 1. The van der Waals surface area contributed by atoms with Gasteiger partial charge < -0.3 is 15.1 Å². The van der Waals surface area contributed by atoms with E-state index in [1.807, 2.05) is 67.3 Å². The fourth-order valence-electron chi connectivity index (χ4n) is 3.92. The van der Waals surface area contributed by atoms with Crippen LogP contribution in [0.3, 0.4) is 0 Å². The third kappa shape index (κ3) is 4.45. The molecule has 8 nitrogen and oxygen atoms in total. The predicted molar refractivity (Wildman–Crippen MR) is 131 cm³/mol. The molecule has 0 saturated carbocycles. The van der Waals surface area contributed by atoms with Crippen molar-refractivity contribution in [3.8, 4) is 10.6 Å². The van der Waals surface area contributed by atoms with Crippen LogP contribution in [0.2, 0.25) is 0 Å². The topological polar surface area (TPSA) is 82.8 Å². The molecule has 0 aliphatic carbocycles. The van der Waals surface area contributed by atoms with Crippen LogP contribution in [0.1, 0.15) is 11.1 Å². The van der Waals surface area contributed by atoms with E-state index in [-0.39, 0.29) is 11.6 Å². The maximum Gasteiger partial charge on any atom is 0.321 e. The van der Waals surface area contributed by atoms with Gasteiger partial charge in [-0.25, -0.2) is 9.78 Å². The number of hydrogen-bond acceptors (Lipinski definition) is 6. The smallest absolute Gasteiger partial charge is 0.321 e. The average Bonchev–Trinajstić information content (AvgIpc) is 3.24. The van der Waals surface area contributed by atoms with Crippen LogP contribution in [0.4, 0.5) is 16.3 Å². The molecule has 1 aliphatic rings. The summed E-state index contributed by atoms with van der Waals surface area (Å²) >= 11 is 1.40. The Morgan fingerprint density at radius 3 is 2.42 bits per heavy atom. The van der Waals surface area contributed by atoms with Gasteiger partial charge >= 0.3 is 6.03 Å². The van der Waals surface area contributed by atoms with Gasteiger partial charge in [0.1, 0.15) is 10.8 Å². The Labute approximate surface area is 195 Å². The standard InChI is InChI=1S/C24H24N6O2S/c1-16-5-3-7-18(13-16)22-27-30-21(31)15-20(26-24(30)33-22)28-9-11-29(12-10-28)23(32)25-19-8-4-6-17(2)14-19/h3-8,13-15H,9-12H2,1-2H3,(H,25,32). The molecule has 0 spiro atoms. The quantitative estimate of drug-likeness (QED) is 0.503. The molecular formula is C24H24N6O2S. The van der Waals surface area contributed by atoms with Crippen molar-refractivity contribution in [2.45, 2.75) is 13.8 Å². The van der Waals surface area contributed by atoms with Crippen LogP contribution < -0.4 is 15.8 Å². The van der Waals surface area contributed by atoms with E-state index in [0.29, 0.717) is 37.0 Å². The van der Waals surface area contributed by atoms with Crippen molar-refractivity contribution in [2.75, 3.05) is 36.4 Å². The lowest BCUT2D eigenvalue weighted by molar-refractivity contribution is 0.208. The van der Waals surface area contributed by atoms with Crippen LogP contribution >= 0.6 is 11.3 Å². The number of piperazine rings is 1. The first-order valence-electron chi connectivity index (χ1n) is 10.8. The van der Waals surface area contributed by atoms with Gasteiger partial charge in [-0.05, 0) is 37.6 Å². The molecular weight excluding hydrogens is 436 g/mol. The van der Waals surface area contributed by atoms with Crippen LogP contribution in [-0.4, -0.2) is 51.7 Å². The van der Waals surface area contributed by atoms with E-state index < -0.39 is 0 Å². The minimum absolute atomic E-state index is 0.117. The Hall–Kier alpha value is -3.72. The summed E-state index contributed by atoms with van der Waals surface area (Å²) in [6.45, 7) is 6.33. The summed E-state index contributed by atoms with van der Waals surface area (Å²) in [6.07, 6.45) is 0. The molecule has 5 rings (SSSR count). The molecule has 3 heterocycles. The zero-order valence-corrected chi connectivity index (χ0v) is 19.3. The molecule has 168 valence electrons. The van der Waals surface area contributed by atoms with Crippen molar-refractivity contribution in [1.82, 2.24) is 19.5 Å². The van der Waals surface area contributed by atoms with Crippen molar-refractivity contribution in [3.05, 3.63) is 76.1 Å². The van der Waals surface area contributed by atoms with E-state index in [9.17, 15) is 9.59 Å². The number of rotatable bonds is 3. The number of carbonyl (C=O) groups excluding carboxylic acids is 1. The molecule has 1 N–H and O–H groups in total.